The largest absolute Gasteiger partial charge is 0.558 e. The van der Waals surface area contributed by atoms with Gasteiger partial charge in [0.05, 0.1) is 0 Å². The van der Waals surface area contributed by atoms with Crippen LogP contribution in [0.25, 0.3) is 0 Å². The molecule has 0 aromatic carbocycles. The molecule has 0 aromatic heterocycles. The molecule has 0 saturated carbocycles. The fourth-order valence-corrected chi connectivity index (χ4v) is 3.18. The van der Waals surface area contributed by atoms with Gasteiger partial charge in [0.1, 0.15) is 0 Å². The van der Waals surface area contributed by atoms with Crippen molar-refractivity contribution >= 4 is 24.2 Å². The fraction of sp³-hybridized carbons (Fsp3) is 0.800. The highest BCUT2D eigenvalue weighted by Gasteiger charge is 2.24. The Hall–Kier alpha value is -2.12. The van der Waals surface area contributed by atoms with Crippen LogP contribution in [0.1, 0.15) is 81.1 Å². The minimum Gasteiger partial charge on any atom is -0.358 e. The second-order valence-electron chi connectivity index (χ2n) is 9.76. The van der Waals surface area contributed by atoms with Crippen molar-refractivity contribution in [2.75, 3.05) is 0 Å². The van der Waals surface area contributed by atoms with Crippen LogP contribution in [0.2, 0.25) is 0 Å². The van der Waals surface area contributed by atoms with Crippen molar-refractivity contribution < 1.29 is 38.4 Å². The molecule has 0 amide bonds. The van der Waals surface area contributed by atoms with Crippen molar-refractivity contribution in [1.29, 1.82) is 0 Å². The lowest BCUT2D eigenvalue weighted by Crippen LogP contribution is -2.22. The molecule has 0 aliphatic carbocycles. The maximum atomic E-state index is 11.7. The molecule has 0 heterocycles. The Morgan fingerprint density at radius 2 is 0.929 bits per heavy atom. The standard InChI is InChI=1S/C20H34O8/c1-13(11-19(3,4)5)9-15(21)25-17(23)27-28-18(24)26-16(22)10-14(2)12-20(6,7)8/h13-14H,9-12H2,1-8H3. The molecular formula is C20H34O8. The van der Waals surface area contributed by atoms with E-state index in [2.05, 4.69) is 19.2 Å². The monoisotopic (exact) mass is 402 g/mol. The van der Waals surface area contributed by atoms with Gasteiger partial charge in [-0.2, -0.15) is 19.4 Å². The number of carbonyl (C=O) groups is 4. The Morgan fingerprint density at radius 1 is 0.643 bits per heavy atom. The van der Waals surface area contributed by atoms with E-state index in [1.807, 2.05) is 55.4 Å². The Labute approximate surface area is 167 Å². The quantitative estimate of drug-likeness (QED) is 0.259. The molecule has 162 valence electrons. The van der Waals surface area contributed by atoms with Crippen LogP contribution in [0.5, 0.6) is 0 Å². The zero-order valence-electron chi connectivity index (χ0n) is 18.2. The van der Waals surface area contributed by atoms with Crippen molar-refractivity contribution in [3.05, 3.63) is 0 Å². The predicted octanol–water partition coefficient (Wildman–Crippen LogP) is 5.19. The lowest BCUT2D eigenvalue weighted by molar-refractivity contribution is -0.218. The third kappa shape index (κ3) is 15.0. The maximum absolute atomic E-state index is 11.7. The van der Waals surface area contributed by atoms with Crippen LogP contribution in [0.3, 0.4) is 0 Å². The molecule has 2 unspecified atom stereocenters. The fourth-order valence-electron chi connectivity index (χ4n) is 3.18. The molecule has 2 atom stereocenters. The van der Waals surface area contributed by atoms with Gasteiger partial charge in [-0.1, -0.05) is 55.4 Å². The van der Waals surface area contributed by atoms with E-state index in [9.17, 15) is 19.2 Å². The minimum atomic E-state index is -1.50. The van der Waals surface area contributed by atoms with Gasteiger partial charge in [0.15, 0.2) is 0 Å². The molecule has 0 fully saturated rings. The highest BCUT2D eigenvalue weighted by Crippen LogP contribution is 2.27. The summed E-state index contributed by atoms with van der Waals surface area (Å²) in [6.07, 6.45) is -1.45. The van der Waals surface area contributed by atoms with Gasteiger partial charge in [0.25, 0.3) is 0 Å². The maximum Gasteiger partial charge on any atom is 0.558 e. The van der Waals surface area contributed by atoms with Crippen molar-refractivity contribution in [2.24, 2.45) is 22.7 Å². The van der Waals surface area contributed by atoms with Crippen LogP contribution < -0.4 is 0 Å². The van der Waals surface area contributed by atoms with E-state index in [0.29, 0.717) is 0 Å². The van der Waals surface area contributed by atoms with Gasteiger partial charge in [-0.3, -0.25) is 9.59 Å². The summed E-state index contributed by atoms with van der Waals surface area (Å²) in [5.74, 6) is -1.60. The van der Waals surface area contributed by atoms with E-state index in [0.717, 1.165) is 12.8 Å². The van der Waals surface area contributed by atoms with Crippen LogP contribution in [0.4, 0.5) is 9.59 Å². The third-order valence-electron chi connectivity index (χ3n) is 3.52. The Morgan fingerprint density at radius 3 is 1.18 bits per heavy atom. The van der Waals surface area contributed by atoms with Gasteiger partial charge in [0, 0.05) is 12.8 Å². The van der Waals surface area contributed by atoms with Crippen LogP contribution in [0, 0.1) is 22.7 Å². The molecule has 28 heavy (non-hydrogen) atoms. The lowest BCUT2D eigenvalue weighted by Gasteiger charge is -2.22. The molecule has 0 saturated heterocycles. The summed E-state index contributed by atoms with van der Waals surface area (Å²) in [5.41, 5.74) is 0.0635. The third-order valence-corrected chi connectivity index (χ3v) is 3.52. The predicted molar refractivity (Wildman–Crippen MR) is 101 cm³/mol. The van der Waals surface area contributed by atoms with Gasteiger partial charge < -0.3 is 9.47 Å². The molecule has 0 bridgehead atoms. The van der Waals surface area contributed by atoms with Crippen molar-refractivity contribution in [3.8, 4) is 0 Å². The molecule has 0 spiro atoms. The summed E-state index contributed by atoms with van der Waals surface area (Å²) >= 11 is 0. The molecule has 8 nitrogen and oxygen atoms in total. The first-order chi connectivity index (χ1) is 12.6. The Balaban J connectivity index is 4.16. The zero-order chi connectivity index (χ0) is 22.1. The number of rotatable bonds is 6. The normalized spacial score (nSPS) is 13.9. The first-order valence-electron chi connectivity index (χ1n) is 9.41. The minimum absolute atomic E-state index is 0.00102. The Bertz CT molecular complexity index is 504. The molecule has 0 rings (SSSR count). The van der Waals surface area contributed by atoms with E-state index in [-0.39, 0.29) is 35.5 Å². The summed E-state index contributed by atoms with van der Waals surface area (Å²) in [6.45, 7) is 15.9. The first kappa shape index (κ1) is 25.9. The van der Waals surface area contributed by atoms with Crippen LogP contribution in [0.15, 0.2) is 0 Å². The lowest BCUT2D eigenvalue weighted by atomic mass is 9.84. The number of esters is 2. The van der Waals surface area contributed by atoms with E-state index in [4.69, 9.17) is 0 Å². The first-order valence-corrected chi connectivity index (χ1v) is 9.41. The van der Waals surface area contributed by atoms with Crippen molar-refractivity contribution in [2.45, 2.75) is 81.1 Å². The summed E-state index contributed by atoms with van der Waals surface area (Å²) in [4.78, 5) is 54.1. The van der Waals surface area contributed by atoms with Crippen LogP contribution in [-0.4, -0.2) is 24.2 Å². The van der Waals surface area contributed by atoms with Gasteiger partial charge >= 0.3 is 24.2 Å². The SMILES string of the molecule is CC(CC(=O)OC(=O)OOC(=O)OC(=O)CC(C)CC(C)(C)C)CC(C)(C)C. The summed E-state index contributed by atoms with van der Waals surface area (Å²) < 4.78 is 8.79. The average Bonchev–Trinajstić information content (AvgIpc) is 2.39. The molecule has 0 N–H and O–H groups in total. The van der Waals surface area contributed by atoms with Crippen molar-refractivity contribution in [3.63, 3.8) is 0 Å². The number of ether oxygens (including phenoxy) is 2. The van der Waals surface area contributed by atoms with Gasteiger partial charge in [-0.05, 0) is 35.5 Å². The molecule has 0 aliphatic heterocycles. The second kappa shape index (κ2) is 11.0. The van der Waals surface area contributed by atoms with E-state index in [1.165, 1.54) is 0 Å². The smallest absolute Gasteiger partial charge is 0.358 e. The number of carbonyl (C=O) groups excluding carboxylic acids is 4. The highest BCUT2D eigenvalue weighted by molar-refractivity contribution is 5.83. The molecule has 0 radical (unpaired) electrons. The van der Waals surface area contributed by atoms with Crippen molar-refractivity contribution in [1.82, 2.24) is 0 Å². The van der Waals surface area contributed by atoms with Gasteiger partial charge in [-0.25, -0.2) is 0 Å². The molecular weight excluding hydrogens is 368 g/mol. The Kier molecular flexibility index (Phi) is 10.2. The molecule has 0 aromatic rings. The zero-order valence-corrected chi connectivity index (χ0v) is 18.2. The van der Waals surface area contributed by atoms with E-state index >= 15 is 0 Å². The van der Waals surface area contributed by atoms with Gasteiger partial charge in [0.2, 0.25) is 0 Å². The highest BCUT2D eigenvalue weighted by atomic mass is 17.3. The summed E-state index contributed by atoms with van der Waals surface area (Å²) in [6, 6.07) is 0. The summed E-state index contributed by atoms with van der Waals surface area (Å²) in [7, 11) is 0. The molecule has 8 heteroatoms. The van der Waals surface area contributed by atoms with E-state index in [1.54, 1.807) is 0 Å². The second-order valence-corrected chi connectivity index (χ2v) is 9.76. The number of hydrogen-bond acceptors (Lipinski definition) is 8. The van der Waals surface area contributed by atoms with Gasteiger partial charge in [-0.15, -0.1) is 0 Å². The molecule has 0 aliphatic rings. The van der Waals surface area contributed by atoms with Crippen LogP contribution >= 0.6 is 0 Å². The van der Waals surface area contributed by atoms with E-state index < -0.39 is 24.2 Å². The number of hydrogen-bond donors (Lipinski definition) is 0. The average molecular weight is 402 g/mol. The summed E-state index contributed by atoms with van der Waals surface area (Å²) in [5, 5.41) is 0. The van der Waals surface area contributed by atoms with Crippen LogP contribution in [-0.2, 0) is 28.8 Å². The topological polar surface area (TPSA) is 105 Å².